The summed E-state index contributed by atoms with van der Waals surface area (Å²) in [6, 6.07) is 6.52. The number of rotatable bonds is 7. The topological polar surface area (TPSA) is 67.1 Å². The first-order chi connectivity index (χ1) is 10.1. The fraction of sp³-hybridized carbons (Fsp3) is 0.467. The maximum absolute atomic E-state index is 5.86. The summed E-state index contributed by atoms with van der Waals surface area (Å²) < 4.78 is 0. The van der Waals surface area contributed by atoms with E-state index in [4.69, 9.17) is 5.73 Å². The van der Waals surface area contributed by atoms with Crippen LogP contribution in [0.4, 0.5) is 17.6 Å². The SMILES string of the molecule is CCCNc1cc(N(Cc2cccs2)C(C)C)nc(N)n1. The fourth-order valence-electron chi connectivity index (χ4n) is 2.04. The Morgan fingerprint density at radius 1 is 1.38 bits per heavy atom. The lowest BCUT2D eigenvalue weighted by molar-refractivity contribution is 0.676. The van der Waals surface area contributed by atoms with Crippen LogP contribution in [0.25, 0.3) is 0 Å². The van der Waals surface area contributed by atoms with Gasteiger partial charge in [-0.25, -0.2) is 0 Å². The van der Waals surface area contributed by atoms with Gasteiger partial charge in [0.15, 0.2) is 0 Å². The minimum atomic E-state index is 0.308. The molecule has 2 aromatic heterocycles. The molecule has 0 aromatic carbocycles. The summed E-state index contributed by atoms with van der Waals surface area (Å²) in [5.74, 6) is 1.96. The number of aromatic nitrogens is 2. The van der Waals surface area contributed by atoms with E-state index in [1.54, 1.807) is 11.3 Å². The van der Waals surface area contributed by atoms with Gasteiger partial charge in [-0.3, -0.25) is 0 Å². The summed E-state index contributed by atoms with van der Waals surface area (Å²) in [4.78, 5) is 12.2. The Labute approximate surface area is 130 Å². The minimum Gasteiger partial charge on any atom is -0.370 e. The zero-order valence-electron chi connectivity index (χ0n) is 12.8. The average Bonchev–Trinajstić information content (AvgIpc) is 2.94. The lowest BCUT2D eigenvalue weighted by atomic mass is 10.3. The van der Waals surface area contributed by atoms with Crippen LogP contribution in [-0.2, 0) is 6.54 Å². The van der Waals surface area contributed by atoms with Crippen LogP contribution in [0.15, 0.2) is 23.6 Å². The third-order valence-corrected chi connectivity index (χ3v) is 3.97. The number of hydrogen-bond donors (Lipinski definition) is 2. The molecule has 5 nitrogen and oxygen atoms in total. The number of thiophene rings is 1. The first-order valence-corrected chi connectivity index (χ1v) is 8.15. The summed E-state index contributed by atoms with van der Waals surface area (Å²) in [7, 11) is 0. The molecule has 0 bridgehead atoms. The van der Waals surface area contributed by atoms with E-state index in [0.717, 1.165) is 31.1 Å². The second-order valence-corrected chi connectivity index (χ2v) is 6.23. The van der Waals surface area contributed by atoms with Crippen molar-refractivity contribution in [1.29, 1.82) is 0 Å². The normalized spacial score (nSPS) is 10.9. The van der Waals surface area contributed by atoms with Gasteiger partial charge in [0.2, 0.25) is 5.95 Å². The Bertz CT molecular complexity index is 553. The zero-order chi connectivity index (χ0) is 15.2. The molecule has 2 rings (SSSR count). The molecule has 0 unspecified atom stereocenters. The Kier molecular flexibility index (Phi) is 5.38. The van der Waals surface area contributed by atoms with Gasteiger partial charge in [-0.1, -0.05) is 13.0 Å². The van der Waals surface area contributed by atoms with Crippen LogP contribution in [0.5, 0.6) is 0 Å². The monoisotopic (exact) mass is 305 g/mol. The average molecular weight is 305 g/mol. The van der Waals surface area contributed by atoms with Gasteiger partial charge in [0.25, 0.3) is 0 Å². The molecule has 0 saturated carbocycles. The molecule has 2 aromatic rings. The van der Waals surface area contributed by atoms with Crippen molar-refractivity contribution in [3.8, 4) is 0 Å². The molecule has 0 amide bonds. The second kappa shape index (κ2) is 7.26. The summed E-state index contributed by atoms with van der Waals surface area (Å²) >= 11 is 1.75. The van der Waals surface area contributed by atoms with Crippen LogP contribution in [0.2, 0.25) is 0 Å². The molecular weight excluding hydrogens is 282 g/mol. The van der Waals surface area contributed by atoms with Gasteiger partial charge in [-0.15, -0.1) is 11.3 Å². The largest absolute Gasteiger partial charge is 0.370 e. The number of nitrogen functional groups attached to an aromatic ring is 1. The smallest absolute Gasteiger partial charge is 0.223 e. The minimum absolute atomic E-state index is 0.308. The lowest BCUT2D eigenvalue weighted by Gasteiger charge is -2.27. The molecule has 0 saturated heterocycles. The van der Waals surface area contributed by atoms with Gasteiger partial charge < -0.3 is 16.0 Å². The van der Waals surface area contributed by atoms with E-state index in [-0.39, 0.29) is 0 Å². The molecule has 0 fully saturated rings. The van der Waals surface area contributed by atoms with Crippen LogP contribution in [0, 0.1) is 0 Å². The predicted molar refractivity (Wildman–Crippen MR) is 90.9 cm³/mol. The Hall–Kier alpha value is -1.82. The van der Waals surface area contributed by atoms with Crippen molar-refractivity contribution >= 4 is 28.9 Å². The summed E-state index contributed by atoms with van der Waals surface area (Å²) in [6.07, 6.45) is 1.04. The Morgan fingerprint density at radius 3 is 2.81 bits per heavy atom. The van der Waals surface area contributed by atoms with E-state index in [2.05, 4.69) is 58.5 Å². The highest BCUT2D eigenvalue weighted by Crippen LogP contribution is 2.23. The van der Waals surface area contributed by atoms with Crippen LogP contribution in [-0.4, -0.2) is 22.6 Å². The fourth-order valence-corrected chi connectivity index (χ4v) is 2.74. The highest BCUT2D eigenvalue weighted by atomic mass is 32.1. The van der Waals surface area contributed by atoms with Gasteiger partial charge in [0.1, 0.15) is 11.6 Å². The summed E-state index contributed by atoms with van der Waals surface area (Å²) in [6.45, 7) is 8.15. The van der Waals surface area contributed by atoms with E-state index in [1.165, 1.54) is 4.88 Å². The number of nitrogens with zero attached hydrogens (tertiary/aromatic N) is 3. The molecule has 0 radical (unpaired) electrons. The zero-order valence-corrected chi connectivity index (χ0v) is 13.7. The van der Waals surface area contributed by atoms with E-state index < -0.39 is 0 Å². The van der Waals surface area contributed by atoms with Crippen LogP contribution >= 0.6 is 11.3 Å². The number of nitrogens with two attached hydrogens (primary N) is 1. The van der Waals surface area contributed by atoms with Crippen molar-refractivity contribution in [2.45, 2.75) is 39.8 Å². The van der Waals surface area contributed by atoms with Crippen molar-refractivity contribution < 1.29 is 0 Å². The van der Waals surface area contributed by atoms with Gasteiger partial charge in [0, 0.05) is 23.5 Å². The number of hydrogen-bond acceptors (Lipinski definition) is 6. The molecule has 6 heteroatoms. The molecule has 0 atom stereocenters. The van der Waals surface area contributed by atoms with Crippen LogP contribution in [0.3, 0.4) is 0 Å². The summed E-state index contributed by atoms with van der Waals surface area (Å²) in [5.41, 5.74) is 5.86. The van der Waals surface area contributed by atoms with E-state index in [9.17, 15) is 0 Å². The highest BCUT2D eigenvalue weighted by molar-refractivity contribution is 7.09. The van der Waals surface area contributed by atoms with Crippen molar-refractivity contribution in [2.24, 2.45) is 0 Å². The van der Waals surface area contributed by atoms with Crippen molar-refractivity contribution in [1.82, 2.24) is 9.97 Å². The molecule has 0 aliphatic rings. The molecule has 2 heterocycles. The van der Waals surface area contributed by atoms with Gasteiger partial charge in [-0.2, -0.15) is 9.97 Å². The molecular formula is C15H23N5S. The maximum atomic E-state index is 5.86. The number of anilines is 3. The Morgan fingerprint density at radius 2 is 2.19 bits per heavy atom. The first kappa shape index (κ1) is 15.6. The van der Waals surface area contributed by atoms with Crippen molar-refractivity contribution in [2.75, 3.05) is 22.5 Å². The van der Waals surface area contributed by atoms with Gasteiger partial charge in [0.05, 0.1) is 6.54 Å². The molecule has 0 aliphatic heterocycles. The highest BCUT2D eigenvalue weighted by Gasteiger charge is 2.15. The molecule has 21 heavy (non-hydrogen) atoms. The van der Waals surface area contributed by atoms with Crippen LogP contribution < -0.4 is 16.0 Å². The maximum Gasteiger partial charge on any atom is 0.223 e. The summed E-state index contributed by atoms with van der Waals surface area (Å²) in [5, 5.41) is 5.37. The standard InChI is InChI=1S/C15H23N5S/c1-4-7-17-13-9-14(19-15(16)18-13)20(11(2)3)10-12-6-5-8-21-12/h5-6,8-9,11H,4,7,10H2,1-3H3,(H3,16,17,18,19). The molecule has 0 aliphatic carbocycles. The predicted octanol–water partition coefficient (Wildman–Crippen LogP) is 3.36. The Balaban J connectivity index is 2.24. The lowest BCUT2D eigenvalue weighted by Crippen LogP contribution is -2.31. The van der Waals surface area contributed by atoms with E-state index in [0.29, 0.717) is 12.0 Å². The quantitative estimate of drug-likeness (QED) is 0.821. The van der Waals surface area contributed by atoms with Crippen molar-refractivity contribution in [3.63, 3.8) is 0 Å². The van der Waals surface area contributed by atoms with E-state index >= 15 is 0 Å². The first-order valence-electron chi connectivity index (χ1n) is 7.27. The molecule has 0 spiro atoms. The van der Waals surface area contributed by atoms with Gasteiger partial charge in [-0.05, 0) is 31.7 Å². The third-order valence-electron chi connectivity index (χ3n) is 3.11. The van der Waals surface area contributed by atoms with Crippen LogP contribution in [0.1, 0.15) is 32.1 Å². The number of nitrogens with one attached hydrogen (secondary N) is 1. The molecule has 114 valence electrons. The van der Waals surface area contributed by atoms with Gasteiger partial charge >= 0.3 is 0 Å². The second-order valence-electron chi connectivity index (χ2n) is 5.20. The third kappa shape index (κ3) is 4.32. The van der Waals surface area contributed by atoms with E-state index in [1.807, 2.05) is 6.07 Å². The van der Waals surface area contributed by atoms with Crippen molar-refractivity contribution in [3.05, 3.63) is 28.5 Å². The molecule has 3 N–H and O–H groups in total.